The van der Waals surface area contributed by atoms with E-state index in [-0.39, 0.29) is 34.0 Å². The first-order valence-corrected chi connectivity index (χ1v) is 13.0. The van der Waals surface area contributed by atoms with Crippen molar-refractivity contribution in [1.82, 2.24) is 0 Å². The molecule has 0 fully saturated rings. The van der Waals surface area contributed by atoms with Crippen LogP contribution >= 0.6 is 11.6 Å². The summed E-state index contributed by atoms with van der Waals surface area (Å²) < 4.78 is 45.1. The minimum atomic E-state index is -4.27. The molecular formula is C26H27ClN2O6S. The van der Waals surface area contributed by atoms with E-state index in [2.05, 4.69) is 0 Å². The van der Waals surface area contributed by atoms with Gasteiger partial charge in [-0.1, -0.05) is 29.8 Å². The lowest BCUT2D eigenvalue weighted by Crippen LogP contribution is -2.45. The number of anilines is 2. The second kappa shape index (κ2) is 10.3. The van der Waals surface area contributed by atoms with Gasteiger partial charge in [0.1, 0.15) is 12.3 Å². The first-order valence-electron chi connectivity index (χ1n) is 11.2. The van der Waals surface area contributed by atoms with Crippen molar-refractivity contribution >= 4 is 38.9 Å². The van der Waals surface area contributed by atoms with Crippen LogP contribution in [0, 0.1) is 0 Å². The second-order valence-electron chi connectivity index (χ2n) is 8.29. The van der Waals surface area contributed by atoms with Crippen LogP contribution in [0.25, 0.3) is 0 Å². The number of ether oxygens (including phenoxy) is 3. The smallest absolute Gasteiger partial charge is 0.265 e. The number of rotatable bonds is 8. The van der Waals surface area contributed by atoms with Crippen molar-refractivity contribution in [1.29, 1.82) is 0 Å². The zero-order chi connectivity index (χ0) is 26.0. The van der Waals surface area contributed by atoms with E-state index in [0.29, 0.717) is 17.2 Å². The molecule has 0 saturated heterocycles. The molecule has 36 heavy (non-hydrogen) atoms. The summed E-state index contributed by atoms with van der Waals surface area (Å²) in [6, 6.07) is 16.4. The minimum Gasteiger partial charge on any atom is -0.495 e. The Morgan fingerprint density at radius 3 is 2.33 bits per heavy atom. The molecule has 0 unspecified atom stereocenters. The number of sulfonamides is 1. The third-order valence-corrected chi connectivity index (χ3v) is 8.10. The van der Waals surface area contributed by atoms with Crippen molar-refractivity contribution in [2.45, 2.75) is 24.3 Å². The number of hydrogen-bond acceptors (Lipinski definition) is 6. The molecule has 1 amide bonds. The Labute approximate surface area is 216 Å². The third kappa shape index (κ3) is 4.68. The summed E-state index contributed by atoms with van der Waals surface area (Å²) >= 11 is 6.25. The number of para-hydroxylation sites is 1. The van der Waals surface area contributed by atoms with Gasteiger partial charge in [0.25, 0.3) is 10.0 Å². The van der Waals surface area contributed by atoms with Gasteiger partial charge in [-0.25, -0.2) is 8.42 Å². The zero-order valence-electron chi connectivity index (χ0n) is 20.4. The number of carbonyl (C=O) groups excluding carboxylic acids is 1. The van der Waals surface area contributed by atoms with E-state index in [0.717, 1.165) is 15.6 Å². The lowest BCUT2D eigenvalue weighted by Gasteiger charge is -2.29. The van der Waals surface area contributed by atoms with Crippen molar-refractivity contribution < 1.29 is 27.4 Å². The molecule has 1 aliphatic heterocycles. The van der Waals surface area contributed by atoms with Crippen LogP contribution < -0.4 is 23.4 Å². The van der Waals surface area contributed by atoms with Crippen LogP contribution in [0.4, 0.5) is 11.4 Å². The van der Waals surface area contributed by atoms with E-state index in [9.17, 15) is 13.2 Å². The average Bonchev–Trinajstić information content (AvgIpc) is 3.22. The molecule has 0 spiro atoms. The summed E-state index contributed by atoms with van der Waals surface area (Å²) in [5.41, 5.74) is 1.96. The lowest BCUT2D eigenvalue weighted by atomic mass is 10.1. The fourth-order valence-corrected chi connectivity index (χ4v) is 6.01. The van der Waals surface area contributed by atoms with Crippen molar-refractivity contribution in [3.05, 3.63) is 71.2 Å². The summed E-state index contributed by atoms with van der Waals surface area (Å²) in [5, 5.41) is 0.297. The van der Waals surface area contributed by atoms with Gasteiger partial charge in [0, 0.05) is 22.8 Å². The number of fused-ring (bicyclic) bond motifs is 1. The minimum absolute atomic E-state index is 0.0788. The topological polar surface area (TPSA) is 85.4 Å². The fourth-order valence-electron chi connectivity index (χ4n) is 4.41. The largest absolute Gasteiger partial charge is 0.495 e. The van der Waals surface area contributed by atoms with E-state index in [1.807, 2.05) is 31.2 Å². The third-order valence-electron chi connectivity index (χ3n) is 6.11. The molecule has 0 aliphatic carbocycles. The molecule has 1 atom stereocenters. The highest BCUT2D eigenvalue weighted by molar-refractivity contribution is 7.92. The first-order chi connectivity index (χ1) is 17.2. The summed E-state index contributed by atoms with van der Waals surface area (Å²) in [7, 11) is 0.0359. The van der Waals surface area contributed by atoms with Gasteiger partial charge in [0.05, 0.1) is 31.9 Å². The molecule has 1 heterocycles. The van der Waals surface area contributed by atoms with Crippen LogP contribution in [0.5, 0.6) is 17.2 Å². The van der Waals surface area contributed by atoms with Crippen LogP contribution in [0.1, 0.15) is 12.5 Å². The highest BCUT2D eigenvalue weighted by Gasteiger charge is 2.36. The Hall–Kier alpha value is -3.43. The Morgan fingerprint density at radius 1 is 0.972 bits per heavy atom. The maximum absolute atomic E-state index is 14.0. The van der Waals surface area contributed by atoms with Crippen molar-refractivity contribution in [2.75, 3.05) is 37.1 Å². The summed E-state index contributed by atoms with van der Waals surface area (Å²) in [6.07, 6.45) is 0.685. The van der Waals surface area contributed by atoms with E-state index in [1.54, 1.807) is 17.0 Å². The lowest BCUT2D eigenvalue weighted by molar-refractivity contribution is -0.117. The maximum Gasteiger partial charge on any atom is 0.265 e. The van der Waals surface area contributed by atoms with E-state index in [1.165, 1.54) is 45.6 Å². The van der Waals surface area contributed by atoms with Crippen LogP contribution in [0.15, 0.2) is 65.6 Å². The SMILES string of the molecule is COc1ccc(S(=O)(=O)N(CC(=O)N2c3ccccc3C[C@H]2C)c2cc(Cl)ccc2OC)cc1OC. The number of nitrogens with zero attached hydrogens (tertiary/aromatic N) is 2. The molecule has 0 radical (unpaired) electrons. The Kier molecular flexibility index (Phi) is 7.33. The molecule has 1 aliphatic rings. The Morgan fingerprint density at radius 2 is 1.64 bits per heavy atom. The molecule has 3 aromatic rings. The molecular weight excluding hydrogens is 504 g/mol. The molecule has 3 aromatic carbocycles. The molecule has 190 valence electrons. The van der Waals surface area contributed by atoms with Gasteiger partial charge < -0.3 is 19.1 Å². The zero-order valence-corrected chi connectivity index (χ0v) is 22.0. The molecule has 10 heteroatoms. The van der Waals surface area contributed by atoms with Gasteiger partial charge in [-0.3, -0.25) is 9.10 Å². The Balaban J connectivity index is 1.82. The number of hydrogen-bond donors (Lipinski definition) is 0. The van der Waals surface area contributed by atoms with Crippen molar-refractivity contribution in [2.24, 2.45) is 0 Å². The normalized spacial score (nSPS) is 14.8. The van der Waals surface area contributed by atoms with E-state index < -0.39 is 16.6 Å². The van der Waals surface area contributed by atoms with Gasteiger partial charge in [0.2, 0.25) is 5.91 Å². The molecule has 0 bridgehead atoms. The van der Waals surface area contributed by atoms with Gasteiger partial charge in [-0.2, -0.15) is 0 Å². The van der Waals surface area contributed by atoms with Crippen LogP contribution in [0.3, 0.4) is 0 Å². The predicted octanol–water partition coefficient (Wildman–Crippen LogP) is 4.54. The molecule has 0 N–H and O–H groups in total. The molecule has 0 aromatic heterocycles. The number of methoxy groups -OCH3 is 3. The van der Waals surface area contributed by atoms with Crippen LogP contribution in [0.2, 0.25) is 5.02 Å². The second-order valence-corrected chi connectivity index (χ2v) is 10.6. The highest BCUT2D eigenvalue weighted by Crippen LogP contribution is 2.38. The van der Waals surface area contributed by atoms with E-state index in [4.69, 9.17) is 25.8 Å². The summed E-state index contributed by atoms with van der Waals surface area (Å²) in [5.74, 6) is 0.497. The van der Waals surface area contributed by atoms with Gasteiger partial charge in [0.15, 0.2) is 11.5 Å². The van der Waals surface area contributed by atoms with Crippen LogP contribution in [-0.4, -0.2) is 48.2 Å². The summed E-state index contributed by atoms with van der Waals surface area (Å²) in [4.78, 5) is 15.3. The monoisotopic (exact) mass is 530 g/mol. The van der Waals surface area contributed by atoms with Crippen LogP contribution in [-0.2, 0) is 21.2 Å². The molecule has 8 nitrogen and oxygen atoms in total. The first kappa shape index (κ1) is 25.7. The summed E-state index contributed by atoms with van der Waals surface area (Å²) in [6.45, 7) is 1.47. The molecule has 4 rings (SSSR count). The Bertz CT molecular complexity index is 1390. The highest BCUT2D eigenvalue weighted by atomic mass is 35.5. The quantitative estimate of drug-likeness (QED) is 0.425. The number of amides is 1. The number of benzene rings is 3. The van der Waals surface area contributed by atoms with Gasteiger partial charge >= 0.3 is 0 Å². The van der Waals surface area contributed by atoms with Gasteiger partial charge in [-0.05, 0) is 55.3 Å². The van der Waals surface area contributed by atoms with Crippen molar-refractivity contribution in [3.63, 3.8) is 0 Å². The van der Waals surface area contributed by atoms with Crippen molar-refractivity contribution in [3.8, 4) is 17.2 Å². The standard InChI is InChI=1S/C26H27ClN2O6S/c1-17-13-18-7-5-6-8-21(18)29(17)26(30)16-28(22-14-19(27)9-11-23(22)33-2)36(31,32)20-10-12-24(34-3)25(15-20)35-4/h5-12,14-15,17H,13,16H2,1-4H3/t17-/m1/s1. The molecule has 0 saturated carbocycles. The maximum atomic E-state index is 14.0. The average molecular weight is 531 g/mol. The van der Waals surface area contributed by atoms with Gasteiger partial charge in [-0.15, -0.1) is 0 Å². The number of carbonyl (C=O) groups is 1. The number of halogens is 1. The van der Waals surface area contributed by atoms with E-state index >= 15 is 0 Å². The fraction of sp³-hybridized carbons (Fsp3) is 0.269. The predicted molar refractivity (Wildman–Crippen MR) is 139 cm³/mol.